The molecule has 0 heteroatoms. The standard InChI is InChI=1S/C38H30/c1-2-12-26-25(11-1)33-27-13-3-4-14-28(27)34(26)30-18-36-21-37-19-35(36,17-29(30)33)20-38(37,22-36)32-16-8-6-10-24(32)23-9-5-7-15-31(23)37/h1-16,33-34H,17-22H2. The Kier molecular flexibility index (Phi) is 2.99. The van der Waals surface area contributed by atoms with E-state index >= 15 is 0 Å². The Bertz CT molecular complexity index is 1620. The van der Waals surface area contributed by atoms with E-state index in [1.54, 1.807) is 33.4 Å². The maximum Gasteiger partial charge on any atom is 0.0308 e. The summed E-state index contributed by atoms with van der Waals surface area (Å²) in [6.07, 6.45) is 8.29. The molecule has 4 saturated carbocycles. The lowest BCUT2D eigenvalue weighted by Gasteiger charge is -2.54. The quantitative estimate of drug-likeness (QED) is 0.218. The van der Waals surface area contributed by atoms with Gasteiger partial charge in [0.05, 0.1) is 0 Å². The summed E-state index contributed by atoms with van der Waals surface area (Å²) in [6, 6.07) is 38.0. The molecule has 9 aliphatic carbocycles. The van der Waals surface area contributed by atoms with Gasteiger partial charge in [0.15, 0.2) is 0 Å². The highest BCUT2D eigenvalue weighted by atomic mass is 14.9. The van der Waals surface area contributed by atoms with Gasteiger partial charge in [0.2, 0.25) is 0 Å². The zero-order chi connectivity index (χ0) is 24.5. The summed E-state index contributed by atoms with van der Waals surface area (Å²) in [5.41, 5.74) is 18.1. The van der Waals surface area contributed by atoms with Crippen molar-refractivity contribution in [3.05, 3.63) is 142 Å². The van der Waals surface area contributed by atoms with Gasteiger partial charge >= 0.3 is 0 Å². The van der Waals surface area contributed by atoms with Gasteiger partial charge in [0.25, 0.3) is 0 Å². The lowest BCUT2D eigenvalue weighted by molar-refractivity contribution is 0.0905. The molecule has 4 spiro atoms. The number of rotatable bonds is 0. The van der Waals surface area contributed by atoms with Gasteiger partial charge in [0, 0.05) is 22.7 Å². The van der Waals surface area contributed by atoms with Gasteiger partial charge in [-0.25, -0.2) is 0 Å². The van der Waals surface area contributed by atoms with Crippen molar-refractivity contribution in [1.82, 2.24) is 0 Å². The van der Waals surface area contributed by atoms with Crippen molar-refractivity contribution in [1.29, 1.82) is 0 Å². The van der Waals surface area contributed by atoms with Crippen LogP contribution in [-0.4, -0.2) is 0 Å². The second kappa shape index (κ2) is 5.79. The van der Waals surface area contributed by atoms with Crippen molar-refractivity contribution in [3.63, 3.8) is 0 Å². The first-order valence-corrected chi connectivity index (χ1v) is 14.8. The number of hydrogen-bond acceptors (Lipinski definition) is 0. The van der Waals surface area contributed by atoms with Crippen molar-refractivity contribution in [2.24, 2.45) is 10.8 Å². The van der Waals surface area contributed by atoms with E-state index in [1.807, 2.05) is 11.1 Å². The molecule has 0 N–H and O–H groups in total. The van der Waals surface area contributed by atoms with E-state index in [1.165, 1.54) is 49.7 Å². The monoisotopic (exact) mass is 486 g/mol. The molecule has 4 aromatic rings. The molecule has 0 aromatic heterocycles. The van der Waals surface area contributed by atoms with Gasteiger partial charge in [-0.3, -0.25) is 0 Å². The van der Waals surface area contributed by atoms with E-state index in [0.29, 0.717) is 33.5 Å². The lowest BCUT2D eigenvalue weighted by atomic mass is 9.50. The molecule has 38 heavy (non-hydrogen) atoms. The smallest absolute Gasteiger partial charge is 0.0308 e. The Hall–Kier alpha value is -3.38. The fourth-order valence-corrected chi connectivity index (χ4v) is 12.5. The zero-order valence-corrected chi connectivity index (χ0v) is 21.6. The van der Waals surface area contributed by atoms with E-state index in [-0.39, 0.29) is 0 Å². The molecule has 0 aliphatic heterocycles. The van der Waals surface area contributed by atoms with E-state index in [9.17, 15) is 0 Å². The van der Waals surface area contributed by atoms with Crippen LogP contribution in [-0.2, 0) is 10.8 Å². The van der Waals surface area contributed by atoms with Crippen molar-refractivity contribution >= 4 is 0 Å². The van der Waals surface area contributed by atoms with Crippen LogP contribution < -0.4 is 0 Å². The minimum absolute atomic E-state index is 0.325. The first-order chi connectivity index (χ1) is 18.7. The molecule has 0 saturated heterocycles. The fourth-order valence-electron chi connectivity index (χ4n) is 12.5. The topological polar surface area (TPSA) is 0 Å². The maximum atomic E-state index is 2.53. The third-order valence-electron chi connectivity index (χ3n) is 13.2. The van der Waals surface area contributed by atoms with Crippen LogP contribution >= 0.6 is 0 Å². The van der Waals surface area contributed by atoms with Gasteiger partial charge in [-0.15, -0.1) is 0 Å². The third kappa shape index (κ3) is 1.75. The Morgan fingerprint density at radius 3 is 1.16 bits per heavy atom. The number of benzene rings is 4. The summed E-state index contributed by atoms with van der Waals surface area (Å²) in [5, 5.41) is 0. The predicted molar refractivity (Wildman–Crippen MR) is 151 cm³/mol. The van der Waals surface area contributed by atoms with Crippen LogP contribution in [0.1, 0.15) is 83.7 Å². The maximum absolute atomic E-state index is 2.53. The predicted octanol–water partition coefficient (Wildman–Crippen LogP) is 8.80. The van der Waals surface area contributed by atoms with Crippen LogP contribution in [0.3, 0.4) is 0 Å². The van der Waals surface area contributed by atoms with Gasteiger partial charge in [-0.2, -0.15) is 0 Å². The van der Waals surface area contributed by atoms with Crippen LogP contribution in [0.2, 0.25) is 0 Å². The molecule has 0 atom stereocenters. The fraction of sp³-hybridized carbons (Fsp3) is 0.316. The second-order valence-corrected chi connectivity index (χ2v) is 14.1. The largest absolute Gasteiger partial charge is 0.0619 e. The molecule has 0 heterocycles. The van der Waals surface area contributed by atoms with E-state index in [2.05, 4.69) is 97.1 Å². The third-order valence-corrected chi connectivity index (χ3v) is 13.2. The SMILES string of the molecule is c1ccc2c(c1)-c1ccccc1C13CC45CC6=C(CC4(CC21C5)C3)C1c2ccccc2C6c2ccccc21. The average Bonchev–Trinajstić information content (AvgIpc) is 3.61. The molecular formula is C38H30. The summed E-state index contributed by atoms with van der Waals surface area (Å²) >= 11 is 0. The van der Waals surface area contributed by atoms with E-state index < -0.39 is 0 Å². The molecular weight excluding hydrogens is 456 g/mol. The molecule has 0 nitrogen and oxygen atoms in total. The molecule has 182 valence electrons. The highest BCUT2D eigenvalue weighted by molar-refractivity contribution is 5.81. The van der Waals surface area contributed by atoms with E-state index in [0.717, 1.165) is 0 Å². The molecule has 6 bridgehead atoms. The molecule has 4 fully saturated rings. The molecule has 0 amide bonds. The average molecular weight is 487 g/mol. The number of fused-ring (bicyclic) bond motifs is 3. The lowest BCUT2D eigenvalue weighted by Crippen LogP contribution is -2.43. The first-order valence-electron chi connectivity index (χ1n) is 14.8. The van der Waals surface area contributed by atoms with Gasteiger partial charge < -0.3 is 0 Å². The van der Waals surface area contributed by atoms with E-state index in [4.69, 9.17) is 0 Å². The van der Waals surface area contributed by atoms with Crippen LogP contribution in [0.25, 0.3) is 11.1 Å². The molecule has 0 radical (unpaired) electrons. The summed E-state index contributed by atoms with van der Waals surface area (Å²) in [6.45, 7) is 0. The van der Waals surface area contributed by atoms with Crippen LogP contribution in [0.15, 0.2) is 108 Å². The minimum Gasteiger partial charge on any atom is -0.0619 e. The van der Waals surface area contributed by atoms with Crippen LogP contribution in [0.4, 0.5) is 0 Å². The van der Waals surface area contributed by atoms with Gasteiger partial charge in [0.1, 0.15) is 0 Å². The highest BCUT2D eigenvalue weighted by Gasteiger charge is 2.85. The Morgan fingerprint density at radius 2 is 0.763 bits per heavy atom. The summed E-state index contributed by atoms with van der Waals surface area (Å²) < 4.78 is 0. The highest BCUT2D eigenvalue weighted by Crippen LogP contribution is 2.92. The zero-order valence-electron chi connectivity index (χ0n) is 21.6. The van der Waals surface area contributed by atoms with Crippen molar-refractivity contribution in [3.8, 4) is 11.1 Å². The Balaban J connectivity index is 1.16. The van der Waals surface area contributed by atoms with Crippen molar-refractivity contribution in [2.45, 2.75) is 61.2 Å². The number of hydrogen-bond donors (Lipinski definition) is 0. The van der Waals surface area contributed by atoms with Gasteiger partial charge in [-0.05, 0) is 93.9 Å². The normalized spacial score (nSPS) is 38.7. The van der Waals surface area contributed by atoms with Gasteiger partial charge in [-0.1, -0.05) is 108 Å². The van der Waals surface area contributed by atoms with Crippen LogP contribution in [0.5, 0.6) is 0 Å². The molecule has 13 rings (SSSR count). The first kappa shape index (κ1) is 19.7. The molecule has 4 aromatic carbocycles. The number of allylic oxidation sites excluding steroid dienone is 2. The Morgan fingerprint density at radius 1 is 0.421 bits per heavy atom. The summed E-state index contributed by atoms with van der Waals surface area (Å²) in [5.74, 6) is 0.949. The van der Waals surface area contributed by atoms with Crippen molar-refractivity contribution < 1.29 is 0 Å². The second-order valence-electron chi connectivity index (χ2n) is 14.1. The summed E-state index contributed by atoms with van der Waals surface area (Å²) in [7, 11) is 0. The molecule has 9 aliphatic rings. The Labute approximate surface area is 224 Å². The van der Waals surface area contributed by atoms with Crippen LogP contribution in [0, 0.1) is 10.8 Å². The minimum atomic E-state index is 0.325. The summed E-state index contributed by atoms with van der Waals surface area (Å²) in [4.78, 5) is 0. The van der Waals surface area contributed by atoms with Crippen molar-refractivity contribution in [2.75, 3.05) is 0 Å². The molecule has 0 unspecified atom stereocenters.